The molecule has 2 N–H and O–H groups in total. The Balaban J connectivity index is 1.69. The molecule has 0 aliphatic rings. The van der Waals surface area contributed by atoms with Gasteiger partial charge in [0.1, 0.15) is 0 Å². The van der Waals surface area contributed by atoms with Crippen LogP contribution in [-0.4, -0.2) is 10.6 Å². The minimum absolute atomic E-state index is 0.0394. The second-order valence-corrected chi connectivity index (χ2v) is 7.01. The number of anilines is 2. The van der Waals surface area contributed by atoms with Gasteiger partial charge in [0.15, 0.2) is 0 Å². The number of amides is 2. The molecule has 3 rings (SSSR count). The first-order chi connectivity index (χ1) is 11.9. The van der Waals surface area contributed by atoms with Crippen LogP contribution in [0.3, 0.4) is 0 Å². The minimum Gasteiger partial charge on any atom is -0.324 e. The molecule has 2 aromatic carbocycles. The van der Waals surface area contributed by atoms with Crippen LogP contribution >= 0.6 is 0 Å². The monoisotopic (exact) mass is 333 g/mol. The van der Waals surface area contributed by atoms with Crippen molar-refractivity contribution in [1.29, 1.82) is 0 Å². The topological polar surface area (TPSA) is 46.1 Å². The number of nitrogens with zero attached hydrogens (tertiary/aromatic N) is 1. The molecule has 0 unspecified atom stereocenters. The molecule has 2 amide bonds. The van der Waals surface area contributed by atoms with E-state index in [1.807, 2.05) is 77.6 Å². The van der Waals surface area contributed by atoms with Gasteiger partial charge in [0.25, 0.3) is 0 Å². The van der Waals surface area contributed by atoms with Crippen molar-refractivity contribution in [1.82, 2.24) is 4.57 Å². The Labute approximate surface area is 148 Å². The third kappa shape index (κ3) is 4.10. The van der Waals surface area contributed by atoms with Gasteiger partial charge in [0.05, 0.1) is 0 Å². The van der Waals surface area contributed by atoms with Crippen LogP contribution in [0, 0.1) is 0 Å². The Bertz CT molecular complexity index is 844. The predicted octanol–water partition coefficient (Wildman–Crippen LogP) is 5.42. The molecular formula is C21H23N3O. The van der Waals surface area contributed by atoms with Gasteiger partial charge in [-0.1, -0.05) is 39.0 Å². The van der Waals surface area contributed by atoms with Crippen molar-refractivity contribution >= 4 is 17.4 Å². The molecule has 0 aliphatic heterocycles. The van der Waals surface area contributed by atoms with Gasteiger partial charge in [0.2, 0.25) is 0 Å². The van der Waals surface area contributed by atoms with Gasteiger partial charge in [-0.3, -0.25) is 0 Å². The molecule has 4 nitrogen and oxygen atoms in total. The lowest BCUT2D eigenvalue weighted by atomic mass is 9.86. The van der Waals surface area contributed by atoms with Crippen LogP contribution in [0.2, 0.25) is 0 Å². The van der Waals surface area contributed by atoms with Crippen molar-refractivity contribution in [3.05, 3.63) is 78.6 Å². The van der Waals surface area contributed by atoms with Crippen molar-refractivity contribution in [3.63, 3.8) is 0 Å². The second-order valence-electron chi connectivity index (χ2n) is 7.01. The van der Waals surface area contributed by atoms with Gasteiger partial charge < -0.3 is 15.2 Å². The average Bonchev–Trinajstić information content (AvgIpc) is 3.09. The van der Waals surface area contributed by atoms with Gasteiger partial charge in [-0.15, -0.1) is 0 Å². The average molecular weight is 333 g/mol. The van der Waals surface area contributed by atoms with Crippen molar-refractivity contribution in [3.8, 4) is 5.69 Å². The van der Waals surface area contributed by atoms with Crippen LogP contribution in [0.4, 0.5) is 16.2 Å². The molecule has 0 bridgehead atoms. The van der Waals surface area contributed by atoms with Crippen molar-refractivity contribution in [2.75, 3.05) is 10.6 Å². The van der Waals surface area contributed by atoms with Gasteiger partial charge in [-0.2, -0.15) is 0 Å². The summed E-state index contributed by atoms with van der Waals surface area (Å²) in [4.78, 5) is 12.3. The summed E-state index contributed by atoms with van der Waals surface area (Å²) in [5, 5.41) is 5.83. The first-order valence-corrected chi connectivity index (χ1v) is 8.34. The summed E-state index contributed by atoms with van der Waals surface area (Å²) in [6.07, 6.45) is 3.97. The number of rotatable bonds is 3. The van der Waals surface area contributed by atoms with E-state index in [-0.39, 0.29) is 11.4 Å². The predicted molar refractivity (Wildman–Crippen MR) is 104 cm³/mol. The largest absolute Gasteiger partial charge is 0.324 e. The molecule has 0 radical (unpaired) electrons. The Kier molecular flexibility index (Phi) is 4.61. The highest BCUT2D eigenvalue weighted by atomic mass is 16.2. The molecule has 1 aromatic heterocycles. The maximum Gasteiger partial charge on any atom is 0.323 e. The summed E-state index contributed by atoms with van der Waals surface area (Å²) < 4.78 is 2.02. The minimum atomic E-state index is -0.245. The zero-order chi connectivity index (χ0) is 17.9. The van der Waals surface area contributed by atoms with E-state index in [0.717, 1.165) is 22.6 Å². The SMILES string of the molecule is CC(C)(C)c1ccccc1NC(=O)Nc1ccc(-n2cccc2)cc1. The van der Waals surface area contributed by atoms with E-state index in [1.54, 1.807) is 0 Å². The lowest BCUT2D eigenvalue weighted by Gasteiger charge is -2.23. The number of hydrogen-bond donors (Lipinski definition) is 2. The van der Waals surface area contributed by atoms with E-state index in [1.165, 1.54) is 0 Å². The summed E-state index contributed by atoms with van der Waals surface area (Å²) in [7, 11) is 0. The standard InChI is InChI=1S/C21H23N3O/c1-21(2,3)18-8-4-5-9-19(18)23-20(25)22-16-10-12-17(13-11-16)24-14-6-7-15-24/h4-15H,1-3H3,(H2,22,23,25). The fourth-order valence-corrected chi connectivity index (χ4v) is 2.75. The highest BCUT2D eigenvalue weighted by Gasteiger charge is 2.18. The maximum atomic E-state index is 12.3. The number of urea groups is 1. The van der Waals surface area contributed by atoms with Gasteiger partial charge in [-0.25, -0.2) is 4.79 Å². The molecule has 3 aromatic rings. The summed E-state index contributed by atoms with van der Waals surface area (Å²) in [6.45, 7) is 6.39. The number of benzene rings is 2. The molecule has 0 aliphatic carbocycles. The Morgan fingerprint density at radius 3 is 2.12 bits per heavy atom. The molecule has 0 fully saturated rings. The Hall–Kier alpha value is -3.01. The molecule has 0 atom stereocenters. The highest BCUT2D eigenvalue weighted by molar-refractivity contribution is 6.00. The Morgan fingerprint density at radius 2 is 1.48 bits per heavy atom. The van der Waals surface area contributed by atoms with Crippen LogP contribution in [0.15, 0.2) is 73.1 Å². The van der Waals surface area contributed by atoms with E-state index < -0.39 is 0 Å². The van der Waals surface area contributed by atoms with Gasteiger partial charge in [-0.05, 0) is 53.4 Å². The van der Waals surface area contributed by atoms with Crippen LogP contribution in [0.5, 0.6) is 0 Å². The smallest absolute Gasteiger partial charge is 0.323 e. The lowest BCUT2D eigenvalue weighted by Crippen LogP contribution is -2.22. The molecular weight excluding hydrogens is 310 g/mol. The number of para-hydroxylation sites is 1. The van der Waals surface area contributed by atoms with E-state index in [0.29, 0.717) is 0 Å². The van der Waals surface area contributed by atoms with Gasteiger partial charge >= 0.3 is 6.03 Å². The number of carbonyl (C=O) groups excluding carboxylic acids is 1. The first kappa shape index (κ1) is 16.8. The maximum absolute atomic E-state index is 12.3. The summed E-state index contributed by atoms with van der Waals surface area (Å²) in [5.74, 6) is 0. The van der Waals surface area contributed by atoms with Crippen molar-refractivity contribution < 1.29 is 4.79 Å². The zero-order valence-corrected chi connectivity index (χ0v) is 14.8. The van der Waals surface area contributed by atoms with E-state index >= 15 is 0 Å². The number of aromatic nitrogens is 1. The fraction of sp³-hybridized carbons (Fsp3) is 0.190. The van der Waals surface area contributed by atoms with E-state index in [2.05, 4.69) is 31.4 Å². The summed E-state index contributed by atoms with van der Waals surface area (Å²) in [6, 6.07) is 19.3. The Morgan fingerprint density at radius 1 is 0.840 bits per heavy atom. The van der Waals surface area contributed by atoms with E-state index in [4.69, 9.17) is 0 Å². The van der Waals surface area contributed by atoms with E-state index in [9.17, 15) is 4.79 Å². The molecule has 0 saturated carbocycles. The normalized spacial score (nSPS) is 11.2. The molecule has 0 spiro atoms. The lowest BCUT2D eigenvalue weighted by molar-refractivity contribution is 0.262. The molecule has 25 heavy (non-hydrogen) atoms. The quantitative estimate of drug-likeness (QED) is 0.660. The summed E-state index contributed by atoms with van der Waals surface area (Å²) in [5.41, 5.74) is 3.70. The second kappa shape index (κ2) is 6.85. The zero-order valence-electron chi connectivity index (χ0n) is 14.8. The number of nitrogens with one attached hydrogen (secondary N) is 2. The van der Waals surface area contributed by atoms with Crippen LogP contribution in [0.25, 0.3) is 5.69 Å². The molecule has 128 valence electrons. The van der Waals surface area contributed by atoms with Crippen molar-refractivity contribution in [2.24, 2.45) is 0 Å². The number of carbonyl (C=O) groups is 1. The van der Waals surface area contributed by atoms with Gasteiger partial charge in [0, 0.05) is 29.5 Å². The third-order valence-electron chi connectivity index (χ3n) is 4.01. The van der Waals surface area contributed by atoms with Crippen LogP contribution in [0.1, 0.15) is 26.3 Å². The molecule has 4 heteroatoms. The number of hydrogen-bond acceptors (Lipinski definition) is 1. The van der Waals surface area contributed by atoms with Crippen LogP contribution < -0.4 is 10.6 Å². The molecule has 1 heterocycles. The fourth-order valence-electron chi connectivity index (χ4n) is 2.75. The third-order valence-corrected chi connectivity index (χ3v) is 4.01. The van der Waals surface area contributed by atoms with Crippen molar-refractivity contribution in [2.45, 2.75) is 26.2 Å². The summed E-state index contributed by atoms with van der Waals surface area (Å²) >= 11 is 0. The first-order valence-electron chi connectivity index (χ1n) is 8.34. The van der Waals surface area contributed by atoms with Crippen LogP contribution in [-0.2, 0) is 5.41 Å². The highest BCUT2D eigenvalue weighted by Crippen LogP contribution is 2.29. The molecule has 0 saturated heterocycles.